The van der Waals surface area contributed by atoms with Crippen LogP contribution in [0.1, 0.15) is 52.9 Å². The van der Waals surface area contributed by atoms with E-state index in [2.05, 4.69) is 22.5 Å². The lowest BCUT2D eigenvalue weighted by Gasteiger charge is -2.33. The fraction of sp³-hybridized carbons (Fsp3) is 0.938. The molecule has 21 heavy (non-hydrogen) atoms. The van der Waals surface area contributed by atoms with Crippen molar-refractivity contribution in [2.75, 3.05) is 26.2 Å². The molecule has 3 atom stereocenters. The molecule has 0 saturated carbocycles. The standard InChI is InChI=1S/C16H33N3O2/c1-13(12-20)15(3)18-16(21)17-9-5-7-11-19-10-6-4-8-14(19)2/h13-15,20H,4-12H2,1-3H3,(H2,17,18,21). The molecular weight excluding hydrogens is 266 g/mol. The zero-order valence-corrected chi connectivity index (χ0v) is 13.9. The van der Waals surface area contributed by atoms with E-state index in [0.29, 0.717) is 6.54 Å². The Morgan fingerprint density at radius 2 is 2.10 bits per heavy atom. The summed E-state index contributed by atoms with van der Waals surface area (Å²) >= 11 is 0. The van der Waals surface area contributed by atoms with Crippen molar-refractivity contribution in [2.24, 2.45) is 5.92 Å². The van der Waals surface area contributed by atoms with E-state index in [-0.39, 0.29) is 24.6 Å². The van der Waals surface area contributed by atoms with Crippen LogP contribution in [-0.4, -0.2) is 54.4 Å². The fourth-order valence-corrected chi connectivity index (χ4v) is 2.69. The third kappa shape index (κ3) is 7.14. The molecular formula is C16H33N3O2. The third-order valence-corrected chi connectivity index (χ3v) is 4.60. The number of rotatable bonds is 8. The quantitative estimate of drug-likeness (QED) is 0.600. The number of nitrogens with zero attached hydrogens (tertiary/aromatic N) is 1. The van der Waals surface area contributed by atoms with Crippen molar-refractivity contribution in [2.45, 2.75) is 65.0 Å². The highest BCUT2D eigenvalue weighted by Crippen LogP contribution is 2.16. The number of carbonyl (C=O) groups excluding carboxylic acids is 1. The van der Waals surface area contributed by atoms with Gasteiger partial charge in [0, 0.05) is 25.2 Å². The zero-order chi connectivity index (χ0) is 15.7. The molecule has 0 aromatic heterocycles. The van der Waals surface area contributed by atoms with Crippen molar-refractivity contribution in [3.05, 3.63) is 0 Å². The lowest BCUT2D eigenvalue weighted by atomic mass is 10.0. The first-order chi connectivity index (χ1) is 10.0. The molecule has 1 saturated heterocycles. The Hall–Kier alpha value is -0.810. The van der Waals surface area contributed by atoms with Crippen molar-refractivity contribution in [1.29, 1.82) is 0 Å². The summed E-state index contributed by atoms with van der Waals surface area (Å²) in [6, 6.07) is 0.578. The van der Waals surface area contributed by atoms with Gasteiger partial charge in [0.2, 0.25) is 0 Å². The monoisotopic (exact) mass is 299 g/mol. The third-order valence-electron chi connectivity index (χ3n) is 4.60. The molecule has 1 aliphatic heterocycles. The molecule has 3 N–H and O–H groups in total. The Balaban J connectivity index is 2.04. The smallest absolute Gasteiger partial charge is 0.315 e. The van der Waals surface area contributed by atoms with E-state index in [1.807, 2.05) is 13.8 Å². The maximum Gasteiger partial charge on any atom is 0.315 e. The number of nitrogens with one attached hydrogen (secondary N) is 2. The zero-order valence-electron chi connectivity index (χ0n) is 13.9. The van der Waals surface area contributed by atoms with Crippen LogP contribution in [0.15, 0.2) is 0 Å². The van der Waals surface area contributed by atoms with Gasteiger partial charge < -0.3 is 20.6 Å². The fourth-order valence-electron chi connectivity index (χ4n) is 2.69. The van der Waals surface area contributed by atoms with Gasteiger partial charge in [0.15, 0.2) is 0 Å². The Bertz CT molecular complexity index is 299. The summed E-state index contributed by atoms with van der Waals surface area (Å²) in [6.07, 6.45) is 6.16. The average Bonchev–Trinajstić information content (AvgIpc) is 2.47. The highest BCUT2D eigenvalue weighted by Gasteiger charge is 2.17. The number of aliphatic hydroxyl groups excluding tert-OH is 1. The molecule has 0 aromatic carbocycles. The topological polar surface area (TPSA) is 64.6 Å². The van der Waals surface area contributed by atoms with Crippen LogP contribution in [0.25, 0.3) is 0 Å². The number of likely N-dealkylation sites (tertiary alicyclic amines) is 1. The van der Waals surface area contributed by atoms with Crippen molar-refractivity contribution in [1.82, 2.24) is 15.5 Å². The number of aliphatic hydroxyl groups is 1. The van der Waals surface area contributed by atoms with Gasteiger partial charge in [0.25, 0.3) is 0 Å². The van der Waals surface area contributed by atoms with Gasteiger partial charge in [-0.2, -0.15) is 0 Å². The molecule has 1 aliphatic rings. The van der Waals surface area contributed by atoms with E-state index < -0.39 is 0 Å². The second-order valence-electron chi connectivity index (χ2n) is 6.44. The highest BCUT2D eigenvalue weighted by atomic mass is 16.3. The number of amides is 2. The van der Waals surface area contributed by atoms with E-state index in [9.17, 15) is 4.79 Å². The van der Waals surface area contributed by atoms with Crippen molar-refractivity contribution in [3.63, 3.8) is 0 Å². The Morgan fingerprint density at radius 3 is 2.76 bits per heavy atom. The highest BCUT2D eigenvalue weighted by molar-refractivity contribution is 5.74. The number of unbranched alkanes of at least 4 members (excludes halogenated alkanes) is 1. The predicted octanol–water partition coefficient (Wildman–Crippen LogP) is 1.96. The summed E-state index contributed by atoms with van der Waals surface area (Å²) in [5.41, 5.74) is 0. The molecule has 2 amide bonds. The minimum atomic E-state index is -0.130. The van der Waals surface area contributed by atoms with Gasteiger partial charge in [-0.1, -0.05) is 13.3 Å². The minimum Gasteiger partial charge on any atom is -0.396 e. The molecule has 0 radical (unpaired) electrons. The molecule has 5 heteroatoms. The summed E-state index contributed by atoms with van der Waals surface area (Å²) in [4.78, 5) is 14.2. The number of carbonyl (C=O) groups is 1. The molecule has 1 heterocycles. The largest absolute Gasteiger partial charge is 0.396 e. The lowest BCUT2D eigenvalue weighted by molar-refractivity contribution is 0.158. The van der Waals surface area contributed by atoms with Crippen LogP contribution in [-0.2, 0) is 0 Å². The Morgan fingerprint density at radius 1 is 1.33 bits per heavy atom. The second-order valence-corrected chi connectivity index (χ2v) is 6.44. The van der Waals surface area contributed by atoms with Gasteiger partial charge >= 0.3 is 6.03 Å². The molecule has 0 aliphatic carbocycles. The molecule has 124 valence electrons. The number of hydrogen-bond donors (Lipinski definition) is 3. The summed E-state index contributed by atoms with van der Waals surface area (Å²) in [6.45, 7) is 9.33. The first-order valence-electron chi connectivity index (χ1n) is 8.44. The average molecular weight is 299 g/mol. The van der Waals surface area contributed by atoms with E-state index in [0.717, 1.165) is 25.4 Å². The second kappa shape index (κ2) is 10.0. The van der Waals surface area contributed by atoms with Crippen molar-refractivity contribution in [3.8, 4) is 0 Å². The van der Waals surface area contributed by atoms with Crippen LogP contribution in [0.4, 0.5) is 4.79 Å². The molecule has 5 nitrogen and oxygen atoms in total. The van der Waals surface area contributed by atoms with Crippen LogP contribution in [0, 0.1) is 5.92 Å². The van der Waals surface area contributed by atoms with Gasteiger partial charge in [-0.3, -0.25) is 0 Å². The summed E-state index contributed by atoms with van der Waals surface area (Å²) in [7, 11) is 0. The van der Waals surface area contributed by atoms with Crippen molar-refractivity contribution >= 4 is 6.03 Å². The van der Waals surface area contributed by atoms with Gasteiger partial charge in [-0.05, 0) is 58.5 Å². The van der Waals surface area contributed by atoms with Crippen LogP contribution in [0.3, 0.4) is 0 Å². The van der Waals surface area contributed by atoms with E-state index in [1.165, 1.54) is 25.8 Å². The molecule has 0 bridgehead atoms. The maximum absolute atomic E-state index is 11.7. The maximum atomic E-state index is 11.7. The molecule has 1 rings (SSSR count). The van der Waals surface area contributed by atoms with E-state index >= 15 is 0 Å². The lowest BCUT2D eigenvalue weighted by Crippen LogP contribution is -2.44. The van der Waals surface area contributed by atoms with E-state index in [1.54, 1.807) is 0 Å². The molecule has 3 unspecified atom stereocenters. The summed E-state index contributed by atoms with van der Waals surface area (Å²) in [5, 5.41) is 14.8. The normalized spacial score (nSPS) is 22.6. The molecule has 0 aromatic rings. The first kappa shape index (κ1) is 18.2. The number of hydrogen-bond acceptors (Lipinski definition) is 3. The minimum absolute atomic E-state index is 0.0100. The predicted molar refractivity (Wildman–Crippen MR) is 86.4 cm³/mol. The molecule has 0 spiro atoms. The Labute approximate surface area is 129 Å². The van der Waals surface area contributed by atoms with Gasteiger partial charge in [-0.25, -0.2) is 4.79 Å². The van der Waals surface area contributed by atoms with Gasteiger partial charge in [0.05, 0.1) is 0 Å². The van der Waals surface area contributed by atoms with Gasteiger partial charge in [-0.15, -0.1) is 0 Å². The number of piperidine rings is 1. The Kier molecular flexibility index (Phi) is 8.69. The number of urea groups is 1. The van der Waals surface area contributed by atoms with Crippen LogP contribution < -0.4 is 10.6 Å². The molecule has 1 fully saturated rings. The van der Waals surface area contributed by atoms with Crippen LogP contribution >= 0.6 is 0 Å². The van der Waals surface area contributed by atoms with E-state index in [4.69, 9.17) is 5.11 Å². The SMILES string of the molecule is CC(CO)C(C)NC(=O)NCCCCN1CCCCC1C. The van der Waals surface area contributed by atoms with Crippen LogP contribution in [0.5, 0.6) is 0 Å². The first-order valence-corrected chi connectivity index (χ1v) is 8.44. The summed E-state index contributed by atoms with van der Waals surface area (Å²) < 4.78 is 0. The van der Waals surface area contributed by atoms with Gasteiger partial charge in [0.1, 0.15) is 0 Å². The van der Waals surface area contributed by atoms with Crippen LogP contribution in [0.2, 0.25) is 0 Å². The summed E-state index contributed by atoms with van der Waals surface area (Å²) in [5.74, 6) is 0.0799. The van der Waals surface area contributed by atoms with Crippen molar-refractivity contribution < 1.29 is 9.90 Å².